The second-order valence-corrected chi connectivity index (χ2v) is 3.76. The topological polar surface area (TPSA) is 97.5 Å². The molecule has 6 heteroatoms. The molecule has 1 atom stereocenters. The number of hydrogen-bond acceptors (Lipinski definition) is 4. The van der Waals surface area contributed by atoms with E-state index in [4.69, 9.17) is 22.4 Å². The number of Topliss-reactive ketones (excluding diaryl/α,β-unsaturated/α-hetero) is 1. The zero-order chi connectivity index (χ0) is 13.0. The second kappa shape index (κ2) is 5.56. The summed E-state index contributed by atoms with van der Waals surface area (Å²) in [5.41, 5.74) is 5.23. The quantitative estimate of drug-likeness (QED) is 0.605. The van der Waals surface area contributed by atoms with Crippen LogP contribution in [0, 0.1) is 0 Å². The van der Waals surface area contributed by atoms with Gasteiger partial charge in [0.1, 0.15) is 0 Å². The van der Waals surface area contributed by atoms with Gasteiger partial charge in [0.05, 0.1) is 11.6 Å². The zero-order valence-electron chi connectivity index (χ0n) is 8.72. The van der Waals surface area contributed by atoms with Gasteiger partial charge in [-0.3, -0.25) is 9.59 Å². The molecule has 1 aromatic carbocycles. The van der Waals surface area contributed by atoms with Gasteiger partial charge in [-0.1, -0.05) is 18.2 Å². The number of hydrogen-bond donors (Lipinski definition) is 2. The third-order valence-electron chi connectivity index (χ3n) is 2.15. The number of carbonyl (C=O) groups excluding carboxylic acids is 2. The van der Waals surface area contributed by atoms with E-state index < -0.39 is 23.0 Å². The number of aromatic carboxylic acids is 1. The van der Waals surface area contributed by atoms with Crippen LogP contribution < -0.4 is 5.73 Å². The molecule has 5 nitrogen and oxygen atoms in total. The summed E-state index contributed by atoms with van der Waals surface area (Å²) < 4.78 is 0. The fraction of sp³-hybridized carbons (Fsp3) is 0.182. The molecule has 0 saturated carbocycles. The normalized spacial score (nSPS) is 11.9. The predicted octanol–water partition coefficient (Wildman–Crippen LogP) is 1.05. The van der Waals surface area contributed by atoms with Crippen molar-refractivity contribution in [3.63, 3.8) is 0 Å². The Balaban J connectivity index is 2.97. The van der Waals surface area contributed by atoms with Gasteiger partial charge in [-0.25, -0.2) is 4.79 Å². The zero-order valence-corrected chi connectivity index (χ0v) is 9.48. The van der Waals surface area contributed by atoms with Crippen LogP contribution in [0.25, 0.3) is 0 Å². The summed E-state index contributed by atoms with van der Waals surface area (Å²) in [4.78, 5) is 33.3. The number of halogens is 1. The lowest BCUT2D eigenvalue weighted by molar-refractivity contribution is -0.112. The molecule has 90 valence electrons. The van der Waals surface area contributed by atoms with Crippen LogP contribution in [-0.4, -0.2) is 28.1 Å². The Morgan fingerprint density at radius 1 is 1.24 bits per heavy atom. The lowest BCUT2D eigenvalue weighted by Gasteiger charge is -2.07. The third-order valence-corrected chi connectivity index (χ3v) is 2.44. The highest BCUT2D eigenvalue weighted by Gasteiger charge is 2.20. The third kappa shape index (κ3) is 3.37. The van der Waals surface area contributed by atoms with Crippen molar-refractivity contribution >= 4 is 28.6 Å². The maximum absolute atomic E-state index is 11.7. The first kappa shape index (κ1) is 13.3. The molecule has 0 amide bonds. The first-order valence-electron chi connectivity index (χ1n) is 4.74. The fourth-order valence-electron chi connectivity index (χ4n) is 1.30. The number of carboxylic acids is 1. The van der Waals surface area contributed by atoms with Gasteiger partial charge in [-0.15, -0.1) is 0 Å². The second-order valence-electron chi connectivity index (χ2n) is 3.39. The van der Waals surface area contributed by atoms with Gasteiger partial charge in [0.25, 0.3) is 0 Å². The molecular formula is C11H10ClNO4. The molecule has 0 aliphatic heterocycles. The fourth-order valence-corrected chi connectivity index (χ4v) is 1.38. The van der Waals surface area contributed by atoms with Crippen LogP contribution in [-0.2, 0) is 4.79 Å². The number of carboxylic acid groups (broad SMARTS) is 1. The van der Waals surface area contributed by atoms with Crippen LogP contribution in [0.5, 0.6) is 0 Å². The molecule has 17 heavy (non-hydrogen) atoms. The van der Waals surface area contributed by atoms with E-state index in [2.05, 4.69) is 0 Å². The summed E-state index contributed by atoms with van der Waals surface area (Å²) in [7, 11) is 0. The van der Waals surface area contributed by atoms with Crippen molar-refractivity contribution in [3.8, 4) is 0 Å². The van der Waals surface area contributed by atoms with Crippen molar-refractivity contribution in [3.05, 3.63) is 35.4 Å². The molecule has 0 radical (unpaired) electrons. The summed E-state index contributed by atoms with van der Waals surface area (Å²) in [6.07, 6.45) is -0.313. The molecule has 1 rings (SSSR count). The van der Waals surface area contributed by atoms with Crippen molar-refractivity contribution in [2.24, 2.45) is 5.73 Å². The number of ketones is 1. The van der Waals surface area contributed by atoms with E-state index in [1.165, 1.54) is 24.3 Å². The largest absolute Gasteiger partial charge is 0.478 e. The lowest BCUT2D eigenvalue weighted by Crippen LogP contribution is -2.30. The maximum Gasteiger partial charge on any atom is 0.336 e. The Morgan fingerprint density at radius 3 is 2.24 bits per heavy atom. The van der Waals surface area contributed by atoms with E-state index in [0.29, 0.717) is 0 Å². The Bertz CT molecular complexity index is 472. The van der Waals surface area contributed by atoms with E-state index in [1.807, 2.05) is 0 Å². The van der Waals surface area contributed by atoms with E-state index in [9.17, 15) is 14.4 Å². The average molecular weight is 256 g/mol. The maximum atomic E-state index is 11.7. The molecule has 0 aliphatic rings. The minimum absolute atomic E-state index is 0.0216. The Kier molecular flexibility index (Phi) is 4.37. The number of rotatable bonds is 5. The predicted molar refractivity (Wildman–Crippen MR) is 61.2 cm³/mol. The number of nitrogens with two attached hydrogens (primary N) is 1. The van der Waals surface area contributed by atoms with Crippen molar-refractivity contribution in [2.45, 2.75) is 12.5 Å². The Morgan fingerprint density at radius 2 is 1.76 bits per heavy atom. The molecule has 0 saturated heterocycles. The first-order chi connectivity index (χ1) is 7.93. The SMILES string of the molecule is N[C@@H](CC(=O)c1ccccc1C(=O)O)C(=O)Cl. The van der Waals surface area contributed by atoms with Gasteiger partial charge in [-0.2, -0.15) is 0 Å². The monoisotopic (exact) mass is 255 g/mol. The standard InChI is InChI=1S/C11H10ClNO4/c12-10(15)8(13)5-9(14)6-3-1-2-4-7(6)11(16)17/h1-4,8H,5,13H2,(H,16,17)/t8-/m0/s1. The van der Waals surface area contributed by atoms with Crippen molar-refractivity contribution in [2.75, 3.05) is 0 Å². The summed E-state index contributed by atoms with van der Waals surface area (Å²) in [5, 5.41) is 8.05. The molecule has 3 N–H and O–H groups in total. The first-order valence-corrected chi connectivity index (χ1v) is 5.11. The Hall–Kier alpha value is -1.72. The van der Waals surface area contributed by atoms with Gasteiger partial charge in [0.15, 0.2) is 5.78 Å². The highest BCUT2D eigenvalue weighted by atomic mass is 35.5. The molecule has 0 bridgehead atoms. The molecular weight excluding hydrogens is 246 g/mol. The minimum atomic E-state index is -1.21. The van der Waals surface area contributed by atoms with Gasteiger partial charge in [0, 0.05) is 12.0 Å². The molecule has 0 spiro atoms. The molecule has 1 aromatic rings. The van der Waals surface area contributed by atoms with Crippen LogP contribution in [0.1, 0.15) is 27.1 Å². The summed E-state index contributed by atoms with van der Waals surface area (Å²) >= 11 is 5.13. The molecule has 0 aromatic heterocycles. The summed E-state index contributed by atoms with van der Waals surface area (Å²) in [6, 6.07) is 4.60. The van der Waals surface area contributed by atoms with Crippen LogP contribution in [0.2, 0.25) is 0 Å². The van der Waals surface area contributed by atoms with E-state index in [-0.39, 0.29) is 17.5 Å². The smallest absolute Gasteiger partial charge is 0.336 e. The summed E-state index contributed by atoms with van der Waals surface area (Å²) in [5.74, 6) is -1.73. The average Bonchev–Trinajstić information content (AvgIpc) is 2.28. The van der Waals surface area contributed by atoms with Crippen molar-refractivity contribution in [1.82, 2.24) is 0 Å². The van der Waals surface area contributed by atoms with Gasteiger partial charge in [0.2, 0.25) is 5.24 Å². The van der Waals surface area contributed by atoms with Crippen molar-refractivity contribution < 1.29 is 19.5 Å². The molecule has 0 unspecified atom stereocenters. The highest BCUT2D eigenvalue weighted by Crippen LogP contribution is 2.12. The van der Waals surface area contributed by atoms with Gasteiger partial charge >= 0.3 is 5.97 Å². The lowest BCUT2D eigenvalue weighted by atomic mass is 9.99. The Labute approximate surface area is 102 Å². The van der Waals surface area contributed by atoms with Crippen LogP contribution in [0.15, 0.2) is 24.3 Å². The van der Waals surface area contributed by atoms with E-state index >= 15 is 0 Å². The van der Waals surface area contributed by atoms with Gasteiger partial charge < -0.3 is 10.8 Å². The van der Waals surface area contributed by atoms with Crippen molar-refractivity contribution in [1.29, 1.82) is 0 Å². The highest BCUT2D eigenvalue weighted by molar-refractivity contribution is 6.64. The molecule has 0 aliphatic carbocycles. The number of benzene rings is 1. The van der Waals surface area contributed by atoms with Crippen LogP contribution >= 0.6 is 11.6 Å². The molecule has 0 fully saturated rings. The van der Waals surface area contributed by atoms with Gasteiger partial charge in [-0.05, 0) is 17.7 Å². The van der Waals surface area contributed by atoms with Crippen LogP contribution in [0.4, 0.5) is 0 Å². The summed E-state index contributed by atoms with van der Waals surface area (Å²) in [6.45, 7) is 0. The van der Waals surface area contributed by atoms with E-state index in [0.717, 1.165) is 0 Å². The van der Waals surface area contributed by atoms with E-state index in [1.54, 1.807) is 0 Å². The number of carbonyl (C=O) groups is 3. The molecule has 0 heterocycles. The minimum Gasteiger partial charge on any atom is -0.478 e. The van der Waals surface area contributed by atoms with Crippen LogP contribution in [0.3, 0.4) is 0 Å².